The Hall–Kier alpha value is -1.55. The zero-order valence-corrected chi connectivity index (χ0v) is 20.3. The molecule has 1 aliphatic carbocycles. The van der Waals surface area contributed by atoms with Gasteiger partial charge in [0.1, 0.15) is 12.4 Å². The molecule has 4 nitrogen and oxygen atoms in total. The van der Waals surface area contributed by atoms with Crippen LogP contribution in [0.25, 0.3) is 0 Å². The first kappa shape index (κ1) is 23.6. The van der Waals surface area contributed by atoms with E-state index in [1.165, 1.54) is 56.9 Å². The van der Waals surface area contributed by atoms with Crippen molar-refractivity contribution < 1.29 is 9.53 Å². The fraction of sp³-hybridized carbons (Fsp3) is 0.750. The summed E-state index contributed by atoms with van der Waals surface area (Å²) in [6.45, 7) is 4.74. The molecule has 0 bridgehead atoms. The Morgan fingerprint density at radius 3 is 2.59 bits per heavy atom. The lowest BCUT2D eigenvalue weighted by atomic mass is 9.73. The predicted octanol–water partition coefficient (Wildman–Crippen LogP) is 5.69. The second kappa shape index (κ2) is 11.5. The van der Waals surface area contributed by atoms with Crippen LogP contribution in [0.15, 0.2) is 24.3 Å². The van der Waals surface area contributed by atoms with Crippen LogP contribution in [-0.2, 0) is 11.2 Å². The SMILES string of the molecule is CN1CCOc2ccccc2CCCCC2(CCN(C(=O)CCC3CCCCC3)CC2)C1. The Morgan fingerprint density at radius 2 is 1.78 bits per heavy atom. The van der Waals surface area contributed by atoms with Gasteiger partial charge in [0.25, 0.3) is 0 Å². The van der Waals surface area contributed by atoms with Crippen LogP contribution in [0.1, 0.15) is 82.6 Å². The standard InChI is InChI=1S/C28H44N2O2/c1-29-21-22-32-26-13-6-5-11-25(26)12-7-8-16-28(23-29)17-19-30(20-18-28)27(31)15-14-24-9-3-2-4-10-24/h5-6,11,13,24H,2-4,7-10,12,14-23H2,1H3. The molecular formula is C28H44N2O2. The molecule has 0 N–H and O–H groups in total. The van der Waals surface area contributed by atoms with Crippen molar-refractivity contribution in [3.63, 3.8) is 0 Å². The zero-order chi connectivity index (χ0) is 22.2. The van der Waals surface area contributed by atoms with Gasteiger partial charge >= 0.3 is 0 Å². The van der Waals surface area contributed by atoms with Crippen molar-refractivity contribution in [2.75, 3.05) is 39.8 Å². The third kappa shape index (κ3) is 6.50. The summed E-state index contributed by atoms with van der Waals surface area (Å²) >= 11 is 0. The van der Waals surface area contributed by atoms with Gasteiger partial charge in [-0.3, -0.25) is 4.79 Å². The van der Waals surface area contributed by atoms with Gasteiger partial charge in [-0.2, -0.15) is 0 Å². The van der Waals surface area contributed by atoms with Crippen LogP contribution in [0, 0.1) is 11.3 Å². The molecule has 1 spiro atoms. The molecule has 0 atom stereocenters. The van der Waals surface area contributed by atoms with Crippen molar-refractivity contribution in [1.82, 2.24) is 9.80 Å². The Balaban J connectivity index is 1.29. The van der Waals surface area contributed by atoms with Crippen LogP contribution in [0.2, 0.25) is 0 Å². The van der Waals surface area contributed by atoms with E-state index in [1.54, 1.807) is 0 Å². The summed E-state index contributed by atoms with van der Waals surface area (Å²) in [5, 5.41) is 0. The highest BCUT2D eigenvalue weighted by Crippen LogP contribution is 2.38. The smallest absolute Gasteiger partial charge is 0.222 e. The Morgan fingerprint density at radius 1 is 1.00 bits per heavy atom. The van der Waals surface area contributed by atoms with Gasteiger partial charge in [-0.05, 0) is 68.5 Å². The number of amides is 1. The lowest BCUT2D eigenvalue weighted by Gasteiger charge is -2.44. The number of aryl methyl sites for hydroxylation is 1. The van der Waals surface area contributed by atoms with E-state index >= 15 is 0 Å². The van der Waals surface area contributed by atoms with Gasteiger partial charge < -0.3 is 14.5 Å². The van der Waals surface area contributed by atoms with Crippen LogP contribution >= 0.6 is 0 Å². The average molecular weight is 441 g/mol. The van der Waals surface area contributed by atoms with E-state index in [0.29, 0.717) is 11.3 Å². The average Bonchev–Trinajstić information content (AvgIpc) is 2.81. The van der Waals surface area contributed by atoms with Crippen LogP contribution in [0.3, 0.4) is 0 Å². The largest absolute Gasteiger partial charge is 0.492 e. The summed E-state index contributed by atoms with van der Waals surface area (Å²) < 4.78 is 6.14. The molecule has 178 valence electrons. The monoisotopic (exact) mass is 440 g/mol. The Labute approximate surface area is 195 Å². The molecule has 1 saturated heterocycles. The van der Waals surface area contributed by atoms with Crippen LogP contribution in [-0.4, -0.2) is 55.5 Å². The molecule has 0 aromatic heterocycles. The van der Waals surface area contributed by atoms with E-state index in [9.17, 15) is 4.79 Å². The van der Waals surface area contributed by atoms with E-state index in [1.807, 2.05) is 0 Å². The van der Waals surface area contributed by atoms with Crippen molar-refractivity contribution in [3.05, 3.63) is 29.8 Å². The van der Waals surface area contributed by atoms with E-state index in [4.69, 9.17) is 4.74 Å². The quantitative estimate of drug-likeness (QED) is 0.605. The summed E-state index contributed by atoms with van der Waals surface area (Å²) in [7, 11) is 2.24. The highest BCUT2D eigenvalue weighted by Gasteiger charge is 2.36. The first-order valence-electron chi connectivity index (χ1n) is 13.3. The first-order valence-corrected chi connectivity index (χ1v) is 13.3. The van der Waals surface area contributed by atoms with Crippen molar-refractivity contribution in [3.8, 4) is 5.75 Å². The fourth-order valence-electron chi connectivity index (χ4n) is 6.31. The highest BCUT2D eigenvalue weighted by atomic mass is 16.5. The van der Waals surface area contributed by atoms with Crippen molar-refractivity contribution >= 4 is 5.91 Å². The summed E-state index contributed by atoms with van der Waals surface area (Å²) in [6, 6.07) is 8.54. The summed E-state index contributed by atoms with van der Waals surface area (Å²) in [5.74, 6) is 2.28. The van der Waals surface area contributed by atoms with Gasteiger partial charge in [0, 0.05) is 32.6 Å². The van der Waals surface area contributed by atoms with E-state index < -0.39 is 0 Å². The molecule has 4 rings (SSSR count). The predicted molar refractivity (Wildman–Crippen MR) is 131 cm³/mol. The number of carbonyl (C=O) groups is 1. The Kier molecular flexibility index (Phi) is 8.51. The maximum Gasteiger partial charge on any atom is 0.222 e. The van der Waals surface area contributed by atoms with Crippen LogP contribution in [0.4, 0.5) is 0 Å². The van der Waals surface area contributed by atoms with Gasteiger partial charge in [-0.15, -0.1) is 0 Å². The number of fused-ring (bicyclic) bond motifs is 1. The van der Waals surface area contributed by atoms with Gasteiger partial charge in [-0.1, -0.05) is 56.7 Å². The number of hydrogen-bond acceptors (Lipinski definition) is 3. The van der Waals surface area contributed by atoms with Crippen molar-refractivity contribution in [1.29, 1.82) is 0 Å². The third-order valence-corrected chi connectivity index (χ3v) is 8.38. The summed E-state index contributed by atoms with van der Waals surface area (Å²) in [4.78, 5) is 17.5. The molecule has 1 aromatic rings. The third-order valence-electron chi connectivity index (χ3n) is 8.38. The molecule has 1 aromatic carbocycles. The molecule has 4 heteroatoms. The lowest BCUT2D eigenvalue weighted by Crippen LogP contribution is -2.48. The van der Waals surface area contributed by atoms with Gasteiger partial charge in [0.05, 0.1) is 0 Å². The molecule has 2 heterocycles. The van der Waals surface area contributed by atoms with Gasteiger partial charge in [-0.25, -0.2) is 0 Å². The number of benzene rings is 1. The maximum absolute atomic E-state index is 12.9. The number of para-hydroxylation sites is 1. The summed E-state index contributed by atoms with van der Waals surface area (Å²) in [5.41, 5.74) is 1.70. The molecule has 3 aliphatic rings. The molecular weight excluding hydrogens is 396 g/mol. The van der Waals surface area contributed by atoms with E-state index in [-0.39, 0.29) is 0 Å². The molecule has 0 unspecified atom stereocenters. The molecule has 2 fully saturated rings. The molecule has 2 aliphatic heterocycles. The molecule has 32 heavy (non-hydrogen) atoms. The molecule has 1 amide bonds. The van der Waals surface area contributed by atoms with Crippen LogP contribution in [0.5, 0.6) is 5.75 Å². The lowest BCUT2D eigenvalue weighted by molar-refractivity contribution is -0.134. The maximum atomic E-state index is 12.9. The number of likely N-dealkylation sites (N-methyl/N-ethyl adjacent to an activating group) is 1. The first-order chi connectivity index (χ1) is 15.6. The number of ether oxygens (including phenoxy) is 1. The minimum Gasteiger partial charge on any atom is -0.492 e. The number of piperidine rings is 1. The van der Waals surface area contributed by atoms with Crippen LogP contribution < -0.4 is 4.74 Å². The van der Waals surface area contributed by atoms with Gasteiger partial charge in [0.15, 0.2) is 0 Å². The Bertz CT molecular complexity index is 720. The second-order valence-electron chi connectivity index (χ2n) is 10.8. The number of nitrogens with zero attached hydrogens (tertiary/aromatic N) is 2. The minimum absolute atomic E-state index is 0.355. The second-order valence-corrected chi connectivity index (χ2v) is 10.8. The normalized spacial score (nSPS) is 23.6. The minimum atomic E-state index is 0.355. The fourth-order valence-corrected chi connectivity index (χ4v) is 6.31. The number of carbonyl (C=O) groups excluding carboxylic acids is 1. The number of likely N-dealkylation sites (tertiary alicyclic amines) is 1. The van der Waals surface area contributed by atoms with E-state index in [2.05, 4.69) is 41.1 Å². The number of hydrogen-bond donors (Lipinski definition) is 0. The number of rotatable bonds is 3. The molecule has 1 saturated carbocycles. The van der Waals surface area contributed by atoms with E-state index in [0.717, 1.165) is 76.6 Å². The highest BCUT2D eigenvalue weighted by molar-refractivity contribution is 5.76. The zero-order valence-electron chi connectivity index (χ0n) is 20.3. The van der Waals surface area contributed by atoms with Crippen molar-refractivity contribution in [2.24, 2.45) is 11.3 Å². The summed E-state index contributed by atoms with van der Waals surface area (Å²) in [6.07, 6.45) is 15.9. The molecule has 0 radical (unpaired) electrons. The van der Waals surface area contributed by atoms with Gasteiger partial charge in [0.2, 0.25) is 5.91 Å². The topological polar surface area (TPSA) is 32.8 Å². The van der Waals surface area contributed by atoms with Crippen molar-refractivity contribution in [2.45, 2.75) is 83.5 Å².